The van der Waals surface area contributed by atoms with E-state index in [4.69, 9.17) is 27.9 Å². The number of halogens is 2. The summed E-state index contributed by atoms with van der Waals surface area (Å²) >= 11 is 13.3. The van der Waals surface area contributed by atoms with Crippen LogP contribution in [0.1, 0.15) is 12.7 Å². The van der Waals surface area contributed by atoms with E-state index in [1.54, 1.807) is 6.07 Å². The van der Waals surface area contributed by atoms with Crippen LogP contribution < -0.4 is 0 Å². The monoisotopic (exact) mass is 314 g/mol. The van der Waals surface area contributed by atoms with Crippen molar-refractivity contribution in [2.75, 3.05) is 6.61 Å². The molecule has 1 aromatic carbocycles. The summed E-state index contributed by atoms with van der Waals surface area (Å²) < 4.78 is 5.29. The number of hydrogen-bond donors (Lipinski definition) is 0. The van der Waals surface area contributed by atoms with Gasteiger partial charge >= 0.3 is 0 Å². The molecule has 0 N–H and O–H groups in total. The molecule has 0 aliphatic rings. The van der Waals surface area contributed by atoms with Gasteiger partial charge in [0.1, 0.15) is 16.8 Å². The van der Waals surface area contributed by atoms with E-state index in [2.05, 4.69) is 9.97 Å². The Morgan fingerprint density at radius 1 is 1.16 bits per heavy atom. The largest absolute Gasteiger partial charge is 0.374 e. The Morgan fingerprint density at radius 2 is 1.89 bits per heavy atom. The molecule has 1 heterocycles. The van der Waals surface area contributed by atoms with E-state index >= 15 is 0 Å². The van der Waals surface area contributed by atoms with E-state index in [1.807, 2.05) is 31.2 Å². The first kappa shape index (κ1) is 14.6. The first-order valence-electron chi connectivity index (χ1n) is 5.72. The molecular formula is C13H12Cl2N2OS. The van der Waals surface area contributed by atoms with Gasteiger partial charge in [0.25, 0.3) is 0 Å². The van der Waals surface area contributed by atoms with Crippen molar-refractivity contribution in [2.45, 2.75) is 23.5 Å². The summed E-state index contributed by atoms with van der Waals surface area (Å²) in [6.07, 6.45) is 0. The van der Waals surface area contributed by atoms with Crippen LogP contribution in [0.4, 0.5) is 0 Å². The van der Waals surface area contributed by atoms with Gasteiger partial charge < -0.3 is 4.74 Å². The minimum atomic E-state index is 0.366. The minimum Gasteiger partial charge on any atom is -0.374 e. The summed E-state index contributed by atoms with van der Waals surface area (Å²) in [5.41, 5.74) is 0. The molecule has 19 heavy (non-hydrogen) atoms. The van der Waals surface area contributed by atoms with Gasteiger partial charge in [-0.3, -0.25) is 0 Å². The standard InChI is InChI=1S/C13H12Cl2N2OS/c1-2-18-8-12-16-11(15)7-13(17-12)19-10-5-3-9(14)4-6-10/h3-7H,2,8H2,1H3. The van der Waals surface area contributed by atoms with E-state index in [9.17, 15) is 0 Å². The second-order valence-corrected chi connectivity index (χ2v) is 5.56. The van der Waals surface area contributed by atoms with Crippen LogP contribution in [0.5, 0.6) is 0 Å². The Labute approximate surface area is 126 Å². The molecule has 0 saturated heterocycles. The Hall–Kier alpha value is -0.810. The van der Waals surface area contributed by atoms with Crippen molar-refractivity contribution in [2.24, 2.45) is 0 Å². The highest BCUT2D eigenvalue weighted by Gasteiger charge is 2.05. The zero-order valence-electron chi connectivity index (χ0n) is 10.3. The predicted octanol–water partition coefficient (Wildman–Crippen LogP) is 4.47. The van der Waals surface area contributed by atoms with Crippen LogP contribution in [-0.4, -0.2) is 16.6 Å². The third-order valence-corrected chi connectivity index (χ3v) is 3.56. The fraction of sp³-hybridized carbons (Fsp3) is 0.231. The smallest absolute Gasteiger partial charge is 0.157 e. The normalized spacial score (nSPS) is 10.7. The Bertz CT molecular complexity index is 549. The lowest BCUT2D eigenvalue weighted by atomic mass is 10.4. The molecule has 0 saturated carbocycles. The molecule has 0 aliphatic carbocycles. The number of benzene rings is 1. The van der Waals surface area contributed by atoms with Gasteiger partial charge in [0, 0.05) is 22.6 Å². The summed E-state index contributed by atoms with van der Waals surface area (Å²) in [5, 5.41) is 1.92. The molecule has 0 radical (unpaired) electrons. The van der Waals surface area contributed by atoms with Crippen LogP contribution in [0, 0.1) is 0 Å². The number of ether oxygens (including phenoxy) is 1. The van der Waals surface area contributed by atoms with Gasteiger partial charge in [-0.25, -0.2) is 9.97 Å². The Kier molecular flexibility index (Phi) is 5.45. The van der Waals surface area contributed by atoms with Crippen molar-refractivity contribution in [3.05, 3.63) is 46.3 Å². The van der Waals surface area contributed by atoms with Gasteiger partial charge in [-0.05, 0) is 31.2 Å². The molecule has 0 bridgehead atoms. The molecule has 2 aromatic rings. The summed E-state index contributed by atoms with van der Waals surface area (Å²) in [5.74, 6) is 0.589. The van der Waals surface area contributed by atoms with Gasteiger partial charge in [0.2, 0.25) is 0 Å². The molecule has 0 unspecified atom stereocenters. The zero-order chi connectivity index (χ0) is 13.7. The highest BCUT2D eigenvalue weighted by Crippen LogP contribution is 2.28. The number of nitrogens with zero attached hydrogens (tertiary/aromatic N) is 2. The van der Waals surface area contributed by atoms with Crippen LogP contribution in [0.25, 0.3) is 0 Å². The van der Waals surface area contributed by atoms with Gasteiger partial charge in [-0.1, -0.05) is 35.0 Å². The number of aromatic nitrogens is 2. The molecule has 2 rings (SSSR count). The Balaban J connectivity index is 2.15. The highest BCUT2D eigenvalue weighted by molar-refractivity contribution is 7.99. The minimum absolute atomic E-state index is 0.366. The van der Waals surface area contributed by atoms with Gasteiger partial charge in [-0.15, -0.1) is 0 Å². The van der Waals surface area contributed by atoms with Crippen molar-refractivity contribution >= 4 is 35.0 Å². The maximum atomic E-state index is 5.98. The van der Waals surface area contributed by atoms with E-state index < -0.39 is 0 Å². The second kappa shape index (κ2) is 7.10. The predicted molar refractivity (Wildman–Crippen MR) is 77.9 cm³/mol. The van der Waals surface area contributed by atoms with Crippen LogP contribution in [0.3, 0.4) is 0 Å². The molecule has 100 valence electrons. The van der Waals surface area contributed by atoms with Crippen LogP contribution in [0.2, 0.25) is 10.2 Å². The molecule has 0 amide bonds. The van der Waals surface area contributed by atoms with E-state index in [0.29, 0.717) is 29.2 Å². The quantitative estimate of drug-likeness (QED) is 0.763. The zero-order valence-corrected chi connectivity index (χ0v) is 12.6. The summed E-state index contributed by atoms with van der Waals surface area (Å²) in [7, 11) is 0. The lowest BCUT2D eigenvalue weighted by Crippen LogP contribution is -2.00. The lowest BCUT2D eigenvalue weighted by molar-refractivity contribution is 0.128. The van der Waals surface area contributed by atoms with Crippen molar-refractivity contribution < 1.29 is 4.74 Å². The fourth-order valence-electron chi connectivity index (χ4n) is 1.38. The van der Waals surface area contributed by atoms with E-state index in [0.717, 1.165) is 9.92 Å². The van der Waals surface area contributed by atoms with Crippen molar-refractivity contribution in [3.8, 4) is 0 Å². The lowest BCUT2D eigenvalue weighted by Gasteiger charge is -2.05. The van der Waals surface area contributed by atoms with Crippen LogP contribution >= 0.6 is 35.0 Å². The maximum Gasteiger partial charge on any atom is 0.157 e. The van der Waals surface area contributed by atoms with Gasteiger partial charge in [0.15, 0.2) is 5.82 Å². The number of hydrogen-bond acceptors (Lipinski definition) is 4. The topological polar surface area (TPSA) is 35.0 Å². The fourth-order valence-corrected chi connectivity index (χ4v) is 2.60. The van der Waals surface area contributed by atoms with E-state index in [1.165, 1.54) is 11.8 Å². The Morgan fingerprint density at radius 3 is 2.58 bits per heavy atom. The molecule has 0 fully saturated rings. The average Bonchev–Trinajstić information content (AvgIpc) is 2.38. The molecule has 0 atom stereocenters. The summed E-state index contributed by atoms with van der Waals surface area (Å²) in [6, 6.07) is 9.29. The van der Waals surface area contributed by atoms with Crippen molar-refractivity contribution in [1.29, 1.82) is 0 Å². The first-order chi connectivity index (χ1) is 9.17. The number of rotatable bonds is 5. The molecular weight excluding hydrogens is 303 g/mol. The van der Waals surface area contributed by atoms with Gasteiger partial charge in [-0.2, -0.15) is 0 Å². The molecule has 0 aliphatic heterocycles. The first-order valence-corrected chi connectivity index (χ1v) is 7.29. The molecule has 0 spiro atoms. The molecule has 3 nitrogen and oxygen atoms in total. The van der Waals surface area contributed by atoms with Crippen molar-refractivity contribution in [1.82, 2.24) is 9.97 Å². The average molecular weight is 315 g/mol. The highest BCUT2D eigenvalue weighted by atomic mass is 35.5. The molecule has 1 aromatic heterocycles. The SMILES string of the molecule is CCOCc1nc(Cl)cc(Sc2ccc(Cl)cc2)n1. The van der Waals surface area contributed by atoms with Crippen molar-refractivity contribution in [3.63, 3.8) is 0 Å². The summed E-state index contributed by atoms with van der Waals surface area (Å²) in [4.78, 5) is 9.56. The third kappa shape index (κ3) is 4.66. The maximum absolute atomic E-state index is 5.98. The van der Waals surface area contributed by atoms with Crippen LogP contribution in [0.15, 0.2) is 40.3 Å². The second-order valence-electron chi connectivity index (χ2n) is 3.64. The van der Waals surface area contributed by atoms with E-state index in [-0.39, 0.29) is 0 Å². The third-order valence-electron chi connectivity index (χ3n) is 2.19. The molecule has 6 heteroatoms. The van der Waals surface area contributed by atoms with Crippen LogP contribution in [-0.2, 0) is 11.3 Å². The summed E-state index contributed by atoms with van der Waals surface area (Å²) in [6.45, 7) is 2.91. The van der Waals surface area contributed by atoms with Gasteiger partial charge in [0.05, 0.1) is 0 Å².